The second-order valence-electron chi connectivity index (χ2n) is 5.73. The Kier molecular flexibility index (Phi) is 3.53. The van der Waals surface area contributed by atoms with Gasteiger partial charge in [-0.05, 0) is 31.4 Å². The van der Waals surface area contributed by atoms with Crippen molar-refractivity contribution in [3.63, 3.8) is 0 Å². The van der Waals surface area contributed by atoms with Crippen LogP contribution in [-0.4, -0.2) is 39.4 Å². The first kappa shape index (κ1) is 14.3. The molecule has 6 nitrogen and oxygen atoms in total. The number of H-pyrrole nitrogens is 1. The van der Waals surface area contributed by atoms with Crippen molar-refractivity contribution >= 4 is 41.2 Å². The fourth-order valence-electron chi connectivity index (χ4n) is 2.94. The van der Waals surface area contributed by atoms with E-state index in [1.165, 1.54) is 6.42 Å². The fourth-order valence-corrected chi connectivity index (χ4v) is 3.10. The predicted molar refractivity (Wildman–Crippen MR) is 91.6 cm³/mol. The van der Waals surface area contributed by atoms with Crippen molar-refractivity contribution in [1.82, 2.24) is 15.0 Å². The summed E-state index contributed by atoms with van der Waals surface area (Å²) in [4.78, 5) is 18.0. The maximum Gasteiger partial charge on any atom is 0.238 e. The Bertz CT molecular complexity index is 805. The molecule has 118 valence electrons. The highest BCUT2D eigenvalue weighted by Crippen LogP contribution is 2.34. The van der Waals surface area contributed by atoms with Gasteiger partial charge in [0.15, 0.2) is 5.82 Å². The first-order valence-electron chi connectivity index (χ1n) is 7.66. The monoisotopic (exact) mass is 329 g/mol. The molecule has 4 heterocycles. The van der Waals surface area contributed by atoms with E-state index in [0.29, 0.717) is 22.5 Å². The van der Waals surface area contributed by atoms with E-state index in [2.05, 4.69) is 24.8 Å². The van der Waals surface area contributed by atoms with Gasteiger partial charge in [-0.15, -0.1) is 0 Å². The smallest absolute Gasteiger partial charge is 0.238 e. The number of aromatic hydroxyl groups is 1. The number of nitrogens with zero attached hydrogens (tertiary/aromatic N) is 4. The Labute approximate surface area is 138 Å². The Morgan fingerprint density at radius 3 is 2.91 bits per heavy atom. The second-order valence-corrected chi connectivity index (χ2v) is 6.16. The number of fused-ring (bicyclic) bond motifs is 1. The largest absolute Gasteiger partial charge is 0.492 e. The normalized spacial score (nSPS) is 18.7. The second kappa shape index (κ2) is 5.70. The molecule has 2 N–H and O–H groups in total. The number of imidazole rings is 1. The van der Waals surface area contributed by atoms with Crippen molar-refractivity contribution in [2.45, 2.75) is 19.3 Å². The van der Waals surface area contributed by atoms with Crippen LogP contribution >= 0.6 is 11.6 Å². The zero-order valence-corrected chi connectivity index (χ0v) is 13.2. The third-order valence-electron chi connectivity index (χ3n) is 4.12. The number of allylic oxidation sites excluding steroid dienone is 1. The van der Waals surface area contributed by atoms with Gasteiger partial charge in [-0.3, -0.25) is 0 Å². The molecular formula is C16H16ClN5O. The van der Waals surface area contributed by atoms with Gasteiger partial charge < -0.3 is 15.0 Å². The number of aromatic nitrogens is 3. The molecule has 2 aromatic rings. The Balaban J connectivity index is 1.66. The van der Waals surface area contributed by atoms with Crippen molar-refractivity contribution in [3.8, 4) is 5.88 Å². The molecule has 0 saturated carbocycles. The van der Waals surface area contributed by atoms with Crippen LogP contribution in [0.5, 0.6) is 5.88 Å². The molecule has 1 saturated heterocycles. The van der Waals surface area contributed by atoms with E-state index >= 15 is 0 Å². The van der Waals surface area contributed by atoms with Crippen LogP contribution in [0.3, 0.4) is 0 Å². The molecule has 7 heteroatoms. The molecule has 0 spiro atoms. The Morgan fingerprint density at radius 2 is 2.09 bits per heavy atom. The predicted octanol–water partition coefficient (Wildman–Crippen LogP) is 3.41. The highest BCUT2D eigenvalue weighted by atomic mass is 35.5. The van der Waals surface area contributed by atoms with Crippen molar-refractivity contribution in [2.24, 2.45) is 4.99 Å². The van der Waals surface area contributed by atoms with Crippen molar-refractivity contribution in [1.29, 1.82) is 0 Å². The van der Waals surface area contributed by atoms with Crippen LogP contribution in [-0.2, 0) is 0 Å². The number of halogens is 1. The highest BCUT2D eigenvalue weighted by Gasteiger charge is 2.19. The lowest BCUT2D eigenvalue weighted by Gasteiger charge is -2.25. The van der Waals surface area contributed by atoms with Crippen LogP contribution in [0.15, 0.2) is 17.3 Å². The number of piperidine rings is 1. The van der Waals surface area contributed by atoms with Crippen LogP contribution in [0.25, 0.3) is 11.6 Å². The van der Waals surface area contributed by atoms with Crippen molar-refractivity contribution in [2.75, 3.05) is 18.0 Å². The molecule has 2 aliphatic rings. The number of nitrogens with one attached hydrogen (secondary N) is 1. The van der Waals surface area contributed by atoms with Crippen LogP contribution in [0, 0.1) is 0 Å². The summed E-state index contributed by atoms with van der Waals surface area (Å²) in [6.45, 7) is 1.93. The maximum atomic E-state index is 10.1. The summed E-state index contributed by atoms with van der Waals surface area (Å²) in [5.41, 5.74) is 2.27. The van der Waals surface area contributed by atoms with Crippen LogP contribution < -0.4 is 4.90 Å². The number of aliphatic imine (C=N–C) groups is 1. The summed E-state index contributed by atoms with van der Waals surface area (Å²) in [6, 6.07) is 1.82. The summed E-state index contributed by atoms with van der Waals surface area (Å²) in [5, 5.41) is 10.7. The molecule has 0 aromatic carbocycles. The quantitative estimate of drug-likeness (QED) is 0.885. The lowest BCUT2D eigenvalue weighted by Crippen LogP contribution is -2.30. The summed E-state index contributed by atoms with van der Waals surface area (Å²) in [5.74, 6) is 1.35. The van der Waals surface area contributed by atoms with E-state index in [-0.39, 0.29) is 5.88 Å². The Hall–Kier alpha value is -2.34. The molecule has 0 bridgehead atoms. The van der Waals surface area contributed by atoms with Gasteiger partial charge in [0.1, 0.15) is 5.69 Å². The minimum Gasteiger partial charge on any atom is -0.492 e. The molecule has 0 aliphatic carbocycles. The lowest BCUT2D eigenvalue weighted by molar-refractivity contribution is 0.454. The third kappa shape index (κ3) is 2.70. The van der Waals surface area contributed by atoms with Crippen molar-refractivity contribution in [3.05, 3.63) is 28.5 Å². The van der Waals surface area contributed by atoms with Gasteiger partial charge in [0.2, 0.25) is 11.8 Å². The van der Waals surface area contributed by atoms with Gasteiger partial charge in [-0.2, -0.15) is 4.98 Å². The minimum absolute atomic E-state index is 0.00471. The molecule has 0 amide bonds. The zero-order valence-electron chi connectivity index (χ0n) is 12.5. The highest BCUT2D eigenvalue weighted by molar-refractivity contribution is 6.31. The van der Waals surface area contributed by atoms with E-state index in [1.807, 2.05) is 12.1 Å². The van der Waals surface area contributed by atoms with Gasteiger partial charge in [-0.25, -0.2) is 9.98 Å². The summed E-state index contributed by atoms with van der Waals surface area (Å²) < 4.78 is 0. The van der Waals surface area contributed by atoms with Crippen LogP contribution in [0.1, 0.15) is 30.5 Å². The molecule has 2 aromatic heterocycles. The molecular weight excluding hydrogens is 314 g/mol. The topological polar surface area (TPSA) is 77.4 Å². The molecule has 0 atom stereocenters. The first-order valence-corrected chi connectivity index (χ1v) is 8.04. The average Bonchev–Trinajstić information content (AvgIpc) is 3.13. The van der Waals surface area contributed by atoms with E-state index in [1.54, 1.807) is 12.4 Å². The summed E-state index contributed by atoms with van der Waals surface area (Å²) in [6.07, 6.45) is 8.67. The zero-order chi connectivity index (χ0) is 15.8. The van der Waals surface area contributed by atoms with Gasteiger partial charge in [0.25, 0.3) is 0 Å². The standard InChI is InChI=1S/C16H16ClN5O/c17-11-7-12-10(8-18-14(12)19-9-11)6-13-15(23)21-16(20-13)22-4-2-1-3-5-22/h6-9,23H,1-5H2,(H,20,21)/b10-6-. The van der Waals surface area contributed by atoms with Gasteiger partial charge in [-0.1, -0.05) is 11.6 Å². The SMILES string of the molecule is Oc1nc(N2CCCCC2)[nH]c1/C=C1/C=Nc2ncc(Cl)cc21. The molecule has 0 radical (unpaired) electrons. The molecule has 1 fully saturated rings. The van der Waals surface area contributed by atoms with Crippen LogP contribution in [0.2, 0.25) is 5.02 Å². The number of pyridine rings is 1. The lowest BCUT2D eigenvalue weighted by atomic mass is 10.1. The van der Waals surface area contributed by atoms with E-state index in [0.717, 1.165) is 37.1 Å². The van der Waals surface area contributed by atoms with Crippen LogP contribution in [0.4, 0.5) is 11.8 Å². The fraction of sp³-hybridized carbons (Fsp3) is 0.312. The number of hydrogen-bond donors (Lipinski definition) is 2. The minimum atomic E-state index is -0.00471. The van der Waals surface area contributed by atoms with Gasteiger partial charge in [0.05, 0.1) is 5.02 Å². The van der Waals surface area contributed by atoms with E-state index < -0.39 is 0 Å². The van der Waals surface area contributed by atoms with Gasteiger partial charge in [0, 0.05) is 36.6 Å². The first-order chi connectivity index (χ1) is 11.2. The molecule has 2 aliphatic heterocycles. The number of hydrogen-bond acceptors (Lipinski definition) is 5. The Morgan fingerprint density at radius 1 is 1.26 bits per heavy atom. The van der Waals surface area contributed by atoms with Gasteiger partial charge >= 0.3 is 0 Å². The maximum absolute atomic E-state index is 10.1. The number of anilines is 1. The number of rotatable bonds is 2. The summed E-state index contributed by atoms with van der Waals surface area (Å²) in [7, 11) is 0. The average molecular weight is 330 g/mol. The van der Waals surface area contributed by atoms with E-state index in [4.69, 9.17) is 11.6 Å². The summed E-state index contributed by atoms with van der Waals surface area (Å²) >= 11 is 6.01. The third-order valence-corrected chi connectivity index (χ3v) is 4.33. The number of aromatic amines is 1. The molecule has 0 unspecified atom stereocenters. The van der Waals surface area contributed by atoms with E-state index in [9.17, 15) is 5.11 Å². The van der Waals surface area contributed by atoms with Crippen molar-refractivity contribution < 1.29 is 5.11 Å². The molecule has 4 rings (SSSR count). The molecule has 23 heavy (non-hydrogen) atoms.